The van der Waals surface area contributed by atoms with Crippen LogP contribution >= 0.6 is 12.6 Å². The first-order valence-electron chi connectivity index (χ1n) is 7.77. The maximum Gasteiger partial charge on any atom is 0.287 e. The molecule has 0 aliphatic heterocycles. The summed E-state index contributed by atoms with van der Waals surface area (Å²) in [5, 5.41) is 9.05. The molecule has 134 valence electrons. The maximum atomic E-state index is 13.4. The van der Waals surface area contributed by atoms with Crippen LogP contribution in [0.15, 0.2) is 35.4 Å². The van der Waals surface area contributed by atoms with Gasteiger partial charge in [0.2, 0.25) is 0 Å². The van der Waals surface area contributed by atoms with Crippen molar-refractivity contribution < 1.29 is 13.5 Å². The second-order valence-electron chi connectivity index (χ2n) is 6.46. The van der Waals surface area contributed by atoms with Crippen LogP contribution in [0.1, 0.15) is 26.5 Å². The minimum atomic E-state index is -3.03. The lowest BCUT2D eigenvalue weighted by Crippen LogP contribution is -2.25. The molecule has 0 amide bonds. The Labute approximate surface area is 154 Å². The predicted molar refractivity (Wildman–Crippen MR) is 96.5 cm³/mol. The number of fused-ring (bicyclic) bond motifs is 1. The predicted octanol–water partition coefficient (Wildman–Crippen LogP) is 4.71. The Hall–Kier alpha value is -2.66. The lowest BCUT2D eigenvalue weighted by Gasteiger charge is -2.18. The Morgan fingerprint density at radius 2 is 1.96 bits per heavy atom. The van der Waals surface area contributed by atoms with Crippen LogP contribution in [0, 0.1) is 11.3 Å². The van der Waals surface area contributed by atoms with Gasteiger partial charge in [0.1, 0.15) is 23.3 Å². The van der Waals surface area contributed by atoms with Crippen molar-refractivity contribution >= 4 is 23.7 Å². The Morgan fingerprint density at radius 3 is 2.58 bits per heavy atom. The van der Waals surface area contributed by atoms with Gasteiger partial charge in [-0.25, -0.2) is 4.98 Å². The highest BCUT2D eigenvalue weighted by molar-refractivity contribution is 7.80. The van der Waals surface area contributed by atoms with Crippen LogP contribution < -0.4 is 4.74 Å². The zero-order chi connectivity index (χ0) is 19.1. The van der Waals surface area contributed by atoms with Crippen molar-refractivity contribution in [1.29, 1.82) is 5.26 Å². The zero-order valence-electron chi connectivity index (χ0n) is 14.3. The standard InChI is InChI=1S/C18H16F2N4OS/c1-17(2,9-21)25-10-4-5-11(14(26)6-10)16-23-12-7-15(18(3,19)20)22-8-13(12)24-16/h4-8,26H,1-3H3,(H,23,24). The van der Waals surface area contributed by atoms with E-state index in [4.69, 9.17) is 10.00 Å². The van der Waals surface area contributed by atoms with Gasteiger partial charge in [-0.2, -0.15) is 14.0 Å². The molecule has 1 N–H and O–H groups in total. The van der Waals surface area contributed by atoms with Crippen molar-refractivity contribution in [3.05, 3.63) is 36.2 Å². The lowest BCUT2D eigenvalue weighted by atomic mass is 10.1. The second-order valence-corrected chi connectivity index (χ2v) is 6.95. The van der Waals surface area contributed by atoms with Crippen molar-refractivity contribution in [2.45, 2.75) is 37.2 Å². The number of alkyl halides is 2. The van der Waals surface area contributed by atoms with E-state index in [0.717, 1.165) is 6.92 Å². The van der Waals surface area contributed by atoms with Crippen LogP contribution in [0.25, 0.3) is 22.4 Å². The van der Waals surface area contributed by atoms with E-state index in [2.05, 4.69) is 33.6 Å². The first-order chi connectivity index (χ1) is 12.1. The molecule has 0 spiro atoms. The summed E-state index contributed by atoms with van der Waals surface area (Å²) in [6, 6.07) is 8.44. The minimum absolute atomic E-state index is 0.336. The van der Waals surface area contributed by atoms with Crippen molar-refractivity contribution in [2.75, 3.05) is 0 Å². The van der Waals surface area contributed by atoms with Crippen molar-refractivity contribution in [3.63, 3.8) is 0 Å². The fourth-order valence-corrected chi connectivity index (χ4v) is 2.68. The molecule has 0 radical (unpaired) electrons. The molecule has 0 unspecified atom stereocenters. The molecule has 0 aliphatic rings. The fraction of sp³-hybridized carbons (Fsp3) is 0.278. The van der Waals surface area contributed by atoms with Gasteiger partial charge < -0.3 is 9.72 Å². The number of rotatable bonds is 4. The second kappa shape index (κ2) is 6.25. The van der Waals surface area contributed by atoms with E-state index >= 15 is 0 Å². The lowest BCUT2D eigenvalue weighted by molar-refractivity contribution is 0.0129. The Bertz CT molecular complexity index is 1020. The summed E-state index contributed by atoms with van der Waals surface area (Å²) in [6.07, 6.45) is 1.34. The normalized spacial score (nSPS) is 12.2. The van der Waals surface area contributed by atoms with Crippen LogP contribution in [0.2, 0.25) is 0 Å². The monoisotopic (exact) mass is 374 g/mol. The number of H-pyrrole nitrogens is 1. The average Bonchev–Trinajstić information content (AvgIpc) is 2.96. The van der Waals surface area contributed by atoms with E-state index in [9.17, 15) is 8.78 Å². The number of benzene rings is 1. The molecule has 0 saturated heterocycles. The molecule has 2 aromatic heterocycles. The number of thiol groups is 1. The summed E-state index contributed by atoms with van der Waals surface area (Å²) < 4.78 is 32.5. The van der Waals surface area contributed by atoms with Crippen molar-refractivity contribution in [2.24, 2.45) is 0 Å². The van der Waals surface area contributed by atoms with E-state index in [0.29, 0.717) is 33.1 Å². The highest BCUT2D eigenvalue weighted by Gasteiger charge is 2.27. The molecule has 0 fully saturated rings. The van der Waals surface area contributed by atoms with E-state index in [1.807, 2.05) is 0 Å². The number of halogens is 2. The van der Waals surface area contributed by atoms with Gasteiger partial charge in [-0.15, -0.1) is 12.6 Å². The van der Waals surface area contributed by atoms with Crippen LogP contribution in [0.4, 0.5) is 8.78 Å². The van der Waals surface area contributed by atoms with Gasteiger partial charge >= 0.3 is 0 Å². The molecule has 8 heteroatoms. The Morgan fingerprint density at radius 1 is 1.23 bits per heavy atom. The highest BCUT2D eigenvalue weighted by Crippen LogP contribution is 2.32. The summed E-state index contributed by atoms with van der Waals surface area (Å²) >= 11 is 4.45. The first kappa shape index (κ1) is 18.1. The van der Waals surface area contributed by atoms with Crippen molar-refractivity contribution in [1.82, 2.24) is 15.0 Å². The Balaban J connectivity index is 1.98. The molecule has 2 heterocycles. The summed E-state index contributed by atoms with van der Waals surface area (Å²) in [4.78, 5) is 11.8. The molecule has 26 heavy (non-hydrogen) atoms. The largest absolute Gasteiger partial charge is 0.473 e. The number of pyridine rings is 1. The number of hydrogen-bond acceptors (Lipinski definition) is 5. The van der Waals surface area contributed by atoms with Gasteiger partial charge in [-0.05, 0) is 38.1 Å². The number of nitrogens with one attached hydrogen (secondary N) is 1. The third-order valence-electron chi connectivity index (χ3n) is 3.68. The van der Waals surface area contributed by atoms with Crippen LogP contribution in [-0.4, -0.2) is 20.6 Å². The summed E-state index contributed by atoms with van der Waals surface area (Å²) in [6.45, 7) is 4.11. The average molecular weight is 374 g/mol. The molecule has 5 nitrogen and oxygen atoms in total. The molecule has 0 saturated carbocycles. The molecule has 0 aliphatic carbocycles. The summed E-state index contributed by atoms with van der Waals surface area (Å²) in [5.41, 5.74) is 0.319. The molecular weight excluding hydrogens is 358 g/mol. The van der Waals surface area contributed by atoms with Gasteiger partial charge in [0.05, 0.1) is 17.2 Å². The van der Waals surface area contributed by atoms with Gasteiger partial charge in [-0.1, -0.05) is 0 Å². The summed E-state index contributed by atoms with van der Waals surface area (Å²) in [7, 11) is 0. The molecule has 0 bridgehead atoms. The Kier molecular flexibility index (Phi) is 4.36. The number of aromatic amines is 1. The fourth-order valence-electron chi connectivity index (χ4n) is 2.37. The minimum Gasteiger partial charge on any atom is -0.473 e. The molecule has 3 rings (SSSR count). The van der Waals surface area contributed by atoms with Crippen LogP contribution in [0.5, 0.6) is 5.75 Å². The smallest absolute Gasteiger partial charge is 0.287 e. The number of ether oxygens (including phenoxy) is 1. The molecular formula is C18H16F2N4OS. The topological polar surface area (TPSA) is 74.6 Å². The van der Waals surface area contributed by atoms with Crippen molar-refractivity contribution in [3.8, 4) is 23.2 Å². The SMILES string of the molecule is CC(C)(C#N)Oc1ccc(-c2nc3cc(C(C)(F)F)ncc3[nH]2)c(S)c1. The maximum absolute atomic E-state index is 13.4. The van der Waals surface area contributed by atoms with Gasteiger partial charge in [0.25, 0.3) is 5.92 Å². The molecule has 0 atom stereocenters. The number of imidazole rings is 1. The van der Waals surface area contributed by atoms with E-state index in [1.165, 1.54) is 12.3 Å². The van der Waals surface area contributed by atoms with Gasteiger partial charge in [-0.3, -0.25) is 4.98 Å². The quantitative estimate of drug-likeness (QED) is 0.649. The summed E-state index contributed by atoms with van der Waals surface area (Å²) in [5.74, 6) is -2.06. The van der Waals surface area contributed by atoms with Crippen LogP contribution in [0.3, 0.4) is 0 Å². The number of nitriles is 1. The van der Waals surface area contributed by atoms with Gasteiger partial charge in [0, 0.05) is 17.4 Å². The number of nitrogens with zero attached hydrogens (tertiary/aromatic N) is 3. The first-order valence-corrected chi connectivity index (χ1v) is 8.21. The van der Waals surface area contributed by atoms with E-state index < -0.39 is 11.5 Å². The zero-order valence-corrected chi connectivity index (χ0v) is 15.2. The number of hydrogen-bond donors (Lipinski definition) is 2. The third-order valence-corrected chi connectivity index (χ3v) is 4.05. The van der Waals surface area contributed by atoms with E-state index in [1.54, 1.807) is 32.0 Å². The molecule has 3 aromatic rings. The van der Waals surface area contributed by atoms with Crippen LogP contribution in [-0.2, 0) is 5.92 Å². The van der Waals surface area contributed by atoms with Gasteiger partial charge in [0.15, 0.2) is 5.60 Å². The number of aromatic nitrogens is 3. The van der Waals surface area contributed by atoms with E-state index in [-0.39, 0.29) is 5.69 Å². The highest BCUT2D eigenvalue weighted by atomic mass is 32.1. The third kappa shape index (κ3) is 3.63. The molecule has 1 aromatic carbocycles.